The number of halogens is 2. The Morgan fingerprint density at radius 2 is 1.87 bits per heavy atom. The van der Waals surface area contributed by atoms with Crippen LogP contribution in [0.3, 0.4) is 0 Å². The molecule has 1 aromatic carbocycles. The van der Waals surface area contributed by atoms with Crippen molar-refractivity contribution in [3.8, 4) is 0 Å². The third-order valence-corrected chi connectivity index (χ3v) is 3.13. The fourth-order valence-electron chi connectivity index (χ4n) is 2.24. The highest BCUT2D eigenvalue weighted by molar-refractivity contribution is 5.85. The van der Waals surface area contributed by atoms with Crippen LogP contribution in [0.2, 0.25) is 0 Å². The predicted octanol–water partition coefficient (Wildman–Crippen LogP) is 2.92. The molecule has 2 atom stereocenters. The second-order valence-electron chi connectivity index (χ2n) is 4.19. The van der Waals surface area contributed by atoms with Crippen LogP contribution in [0.4, 0.5) is 4.39 Å². The number of hydrogen-bond acceptors (Lipinski definition) is 1. The van der Waals surface area contributed by atoms with Crippen molar-refractivity contribution in [3.63, 3.8) is 0 Å². The number of nitrogens with two attached hydrogens (primary N) is 1. The van der Waals surface area contributed by atoms with Gasteiger partial charge in [0.05, 0.1) is 0 Å². The first-order valence-corrected chi connectivity index (χ1v) is 5.26. The van der Waals surface area contributed by atoms with E-state index in [9.17, 15) is 4.39 Å². The maximum atomic E-state index is 12.7. The van der Waals surface area contributed by atoms with Gasteiger partial charge in [-0.3, -0.25) is 0 Å². The summed E-state index contributed by atoms with van der Waals surface area (Å²) in [5, 5.41) is 0. The molecule has 1 nitrogen and oxygen atoms in total. The highest BCUT2D eigenvalue weighted by Crippen LogP contribution is 2.27. The zero-order valence-corrected chi connectivity index (χ0v) is 9.47. The van der Waals surface area contributed by atoms with E-state index in [0.717, 1.165) is 12.8 Å². The largest absolute Gasteiger partial charge is 0.327 e. The Morgan fingerprint density at radius 3 is 2.40 bits per heavy atom. The fraction of sp³-hybridized carbons (Fsp3) is 0.500. The summed E-state index contributed by atoms with van der Waals surface area (Å²) in [6, 6.07) is 7.12. The summed E-state index contributed by atoms with van der Waals surface area (Å²) >= 11 is 0. The summed E-state index contributed by atoms with van der Waals surface area (Å²) in [6.07, 6.45) is 4.61. The third-order valence-electron chi connectivity index (χ3n) is 3.13. The molecule has 0 spiro atoms. The Kier molecular flexibility index (Phi) is 4.55. The zero-order valence-electron chi connectivity index (χ0n) is 8.66. The van der Waals surface area contributed by atoms with Gasteiger partial charge in [0.15, 0.2) is 0 Å². The molecule has 1 fully saturated rings. The SMILES string of the molecule is Cl.N[C@@H]1CCC[C@@H]1Cc1ccc(F)cc1. The lowest BCUT2D eigenvalue weighted by molar-refractivity contribution is 0.478. The summed E-state index contributed by atoms with van der Waals surface area (Å²) < 4.78 is 12.7. The zero-order chi connectivity index (χ0) is 9.97. The van der Waals surface area contributed by atoms with E-state index in [1.165, 1.54) is 30.5 Å². The van der Waals surface area contributed by atoms with Crippen LogP contribution in [0.15, 0.2) is 24.3 Å². The number of rotatable bonds is 2. The van der Waals surface area contributed by atoms with E-state index in [0.29, 0.717) is 12.0 Å². The van der Waals surface area contributed by atoms with Crippen LogP contribution in [0.5, 0.6) is 0 Å². The van der Waals surface area contributed by atoms with Crippen LogP contribution in [-0.4, -0.2) is 6.04 Å². The molecular weight excluding hydrogens is 213 g/mol. The molecule has 15 heavy (non-hydrogen) atoms. The van der Waals surface area contributed by atoms with Crippen molar-refractivity contribution in [1.82, 2.24) is 0 Å². The average Bonchev–Trinajstić information content (AvgIpc) is 2.56. The minimum Gasteiger partial charge on any atom is -0.327 e. The minimum absolute atomic E-state index is 0. The van der Waals surface area contributed by atoms with E-state index in [1.54, 1.807) is 0 Å². The van der Waals surface area contributed by atoms with Crippen molar-refractivity contribution >= 4 is 12.4 Å². The molecule has 1 aromatic rings. The van der Waals surface area contributed by atoms with Gasteiger partial charge in [0.2, 0.25) is 0 Å². The number of hydrogen-bond donors (Lipinski definition) is 1. The molecule has 0 aromatic heterocycles. The molecule has 0 bridgehead atoms. The highest BCUT2D eigenvalue weighted by atomic mass is 35.5. The Hall–Kier alpha value is -0.600. The second-order valence-corrected chi connectivity index (χ2v) is 4.19. The molecule has 0 unspecified atom stereocenters. The first-order chi connectivity index (χ1) is 6.75. The molecule has 84 valence electrons. The first kappa shape index (κ1) is 12.5. The molecular formula is C12H17ClFN. The molecule has 0 aliphatic heterocycles. The molecule has 0 radical (unpaired) electrons. The van der Waals surface area contributed by atoms with Gasteiger partial charge in [0.25, 0.3) is 0 Å². The smallest absolute Gasteiger partial charge is 0.123 e. The van der Waals surface area contributed by atoms with Crippen molar-refractivity contribution in [2.24, 2.45) is 11.7 Å². The van der Waals surface area contributed by atoms with E-state index >= 15 is 0 Å². The first-order valence-electron chi connectivity index (χ1n) is 5.26. The van der Waals surface area contributed by atoms with Gasteiger partial charge in [-0.25, -0.2) is 4.39 Å². The Labute approximate surface area is 96.3 Å². The van der Waals surface area contributed by atoms with Crippen LogP contribution >= 0.6 is 12.4 Å². The Morgan fingerprint density at radius 1 is 1.20 bits per heavy atom. The van der Waals surface area contributed by atoms with Crippen molar-refractivity contribution in [2.45, 2.75) is 31.7 Å². The molecule has 2 rings (SSSR count). The molecule has 1 aliphatic carbocycles. The van der Waals surface area contributed by atoms with Crippen molar-refractivity contribution < 1.29 is 4.39 Å². The van der Waals surface area contributed by atoms with Gasteiger partial charge in [-0.2, -0.15) is 0 Å². The molecule has 1 saturated carbocycles. The maximum Gasteiger partial charge on any atom is 0.123 e. The average molecular weight is 230 g/mol. The standard InChI is InChI=1S/C12H16FN.ClH/c13-11-6-4-9(5-7-11)8-10-2-1-3-12(10)14;/h4-7,10,12H,1-3,8,14H2;1H/t10-,12-;/m1./s1. The van der Waals surface area contributed by atoms with Gasteiger partial charge in [0, 0.05) is 6.04 Å². The summed E-state index contributed by atoms with van der Waals surface area (Å²) in [5.41, 5.74) is 7.19. The number of benzene rings is 1. The van der Waals surface area contributed by atoms with Gasteiger partial charge in [0.1, 0.15) is 5.82 Å². The molecule has 3 heteroatoms. The van der Waals surface area contributed by atoms with Gasteiger partial charge >= 0.3 is 0 Å². The van der Waals surface area contributed by atoms with E-state index < -0.39 is 0 Å². The summed E-state index contributed by atoms with van der Waals surface area (Å²) in [5.74, 6) is 0.435. The molecule has 1 aliphatic rings. The van der Waals surface area contributed by atoms with Gasteiger partial charge < -0.3 is 5.73 Å². The van der Waals surface area contributed by atoms with E-state index in [-0.39, 0.29) is 18.2 Å². The third kappa shape index (κ3) is 3.18. The van der Waals surface area contributed by atoms with Crippen molar-refractivity contribution in [2.75, 3.05) is 0 Å². The molecule has 0 saturated heterocycles. The summed E-state index contributed by atoms with van der Waals surface area (Å²) in [4.78, 5) is 0. The van der Waals surface area contributed by atoms with Crippen LogP contribution in [0, 0.1) is 11.7 Å². The lowest BCUT2D eigenvalue weighted by Crippen LogP contribution is -2.25. The summed E-state index contributed by atoms with van der Waals surface area (Å²) in [7, 11) is 0. The molecule has 0 amide bonds. The van der Waals surface area contributed by atoms with Crippen LogP contribution < -0.4 is 5.73 Å². The Bertz CT molecular complexity index is 299. The monoisotopic (exact) mass is 229 g/mol. The van der Waals surface area contributed by atoms with E-state index in [1.807, 2.05) is 12.1 Å². The highest BCUT2D eigenvalue weighted by Gasteiger charge is 2.23. The Balaban J connectivity index is 0.00000112. The van der Waals surface area contributed by atoms with E-state index in [2.05, 4.69) is 0 Å². The van der Waals surface area contributed by atoms with Gasteiger partial charge in [-0.1, -0.05) is 18.6 Å². The maximum absolute atomic E-state index is 12.7. The quantitative estimate of drug-likeness (QED) is 0.829. The lowest BCUT2D eigenvalue weighted by Gasteiger charge is -2.14. The normalized spacial score (nSPS) is 24.9. The van der Waals surface area contributed by atoms with Gasteiger partial charge in [-0.15, -0.1) is 12.4 Å². The second kappa shape index (κ2) is 5.47. The van der Waals surface area contributed by atoms with Crippen molar-refractivity contribution in [1.29, 1.82) is 0 Å². The van der Waals surface area contributed by atoms with Gasteiger partial charge in [-0.05, 0) is 42.9 Å². The van der Waals surface area contributed by atoms with E-state index in [4.69, 9.17) is 5.73 Å². The predicted molar refractivity (Wildman–Crippen MR) is 62.7 cm³/mol. The molecule has 0 heterocycles. The van der Waals surface area contributed by atoms with Crippen LogP contribution in [0.25, 0.3) is 0 Å². The lowest BCUT2D eigenvalue weighted by atomic mass is 9.95. The van der Waals surface area contributed by atoms with Crippen LogP contribution in [0.1, 0.15) is 24.8 Å². The topological polar surface area (TPSA) is 26.0 Å². The summed E-state index contributed by atoms with van der Waals surface area (Å²) in [6.45, 7) is 0. The molecule has 2 N–H and O–H groups in total. The van der Waals surface area contributed by atoms with Crippen molar-refractivity contribution in [3.05, 3.63) is 35.6 Å². The minimum atomic E-state index is -0.163. The fourth-order valence-corrected chi connectivity index (χ4v) is 2.24. The van der Waals surface area contributed by atoms with Crippen LogP contribution in [-0.2, 0) is 6.42 Å².